The van der Waals surface area contributed by atoms with Crippen LogP contribution in [0.25, 0.3) is 0 Å². The van der Waals surface area contributed by atoms with E-state index >= 15 is 0 Å². The highest BCUT2D eigenvalue weighted by molar-refractivity contribution is 6.42. The minimum atomic E-state index is -0.665. The molecule has 0 radical (unpaired) electrons. The average Bonchev–Trinajstić information content (AvgIpc) is 2.88. The van der Waals surface area contributed by atoms with Crippen LogP contribution in [0.4, 0.5) is 0 Å². The number of carbonyl (C=O) groups is 2. The molecule has 0 spiro atoms. The van der Waals surface area contributed by atoms with Crippen LogP contribution in [0.2, 0.25) is 10.0 Å². The molecule has 4 nitrogen and oxygen atoms in total. The molecule has 2 atom stereocenters. The molecule has 6 heteroatoms. The number of hydrogen-bond donors (Lipinski definition) is 1. The molecule has 0 heterocycles. The maximum atomic E-state index is 13.7. The Morgan fingerprint density at radius 2 is 1.56 bits per heavy atom. The van der Waals surface area contributed by atoms with Crippen molar-refractivity contribution in [1.29, 1.82) is 0 Å². The topological polar surface area (TPSA) is 49.4 Å². The van der Waals surface area contributed by atoms with Crippen molar-refractivity contribution in [2.75, 3.05) is 0 Å². The quantitative estimate of drug-likeness (QED) is 0.300. The van der Waals surface area contributed by atoms with Gasteiger partial charge in [0.2, 0.25) is 11.8 Å². The van der Waals surface area contributed by atoms with E-state index in [0.717, 1.165) is 23.1 Å². The second-order valence-corrected chi connectivity index (χ2v) is 10.1. The summed E-state index contributed by atoms with van der Waals surface area (Å²) < 4.78 is 0. The van der Waals surface area contributed by atoms with E-state index in [1.807, 2.05) is 81.4 Å². The van der Waals surface area contributed by atoms with Crippen LogP contribution in [0.15, 0.2) is 72.8 Å². The first-order chi connectivity index (χ1) is 17.3. The normalized spacial score (nSPS) is 12.6. The number of aryl methyl sites for hydroxylation is 2. The molecule has 3 rings (SSSR count). The number of hydrogen-bond acceptors (Lipinski definition) is 2. The highest BCUT2D eigenvalue weighted by atomic mass is 35.5. The third-order valence-electron chi connectivity index (χ3n) is 6.36. The zero-order valence-corrected chi connectivity index (χ0v) is 22.6. The SMILES string of the molecule is CCC(C)NC(=O)C(Cc1ccccc1)N(Cc1ccc(Cl)c(Cl)c1)C(=O)CCc1ccc(C)cc1. The molecule has 0 fully saturated rings. The van der Waals surface area contributed by atoms with Crippen LogP contribution < -0.4 is 5.32 Å². The predicted molar refractivity (Wildman–Crippen MR) is 148 cm³/mol. The summed E-state index contributed by atoms with van der Waals surface area (Å²) in [6.45, 7) is 6.30. The fraction of sp³-hybridized carbons (Fsp3) is 0.333. The van der Waals surface area contributed by atoms with Crippen LogP contribution in [-0.2, 0) is 29.0 Å². The minimum absolute atomic E-state index is 0.00487. The molecule has 0 bridgehead atoms. The molecule has 0 aliphatic carbocycles. The van der Waals surface area contributed by atoms with E-state index in [1.165, 1.54) is 5.56 Å². The largest absolute Gasteiger partial charge is 0.352 e. The number of rotatable bonds is 11. The van der Waals surface area contributed by atoms with Crippen molar-refractivity contribution in [2.45, 2.75) is 65.1 Å². The van der Waals surface area contributed by atoms with Crippen molar-refractivity contribution in [2.24, 2.45) is 0 Å². The molecular weight excluding hydrogens is 491 g/mol. The van der Waals surface area contributed by atoms with Gasteiger partial charge in [-0.2, -0.15) is 0 Å². The van der Waals surface area contributed by atoms with E-state index in [4.69, 9.17) is 23.2 Å². The third-order valence-corrected chi connectivity index (χ3v) is 7.10. The number of amides is 2. The molecule has 0 saturated carbocycles. The number of nitrogens with zero attached hydrogens (tertiary/aromatic N) is 1. The summed E-state index contributed by atoms with van der Waals surface area (Å²) in [4.78, 5) is 28.9. The molecule has 190 valence electrons. The first-order valence-electron chi connectivity index (χ1n) is 12.4. The molecule has 0 aliphatic rings. The van der Waals surface area contributed by atoms with Crippen LogP contribution >= 0.6 is 23.2 Å². The number of carbonyl (C=O) groups excluding carboxylic acids is 2. The van der Waals surface area contributed by atoms with Crippen molar-refractivity contribution < 1.29 is 9.59 Å². The van der Waals surface area contributed by atoms with Gasteiger partial charge in [0.1, 0.15) is 6.04 Å². The summed E-state index contributed by atoms with van der Waals surface area (Å²) in [5.41, 5.74) is 4.08. The number of nitrogens with one attached hydrogen (secondary N) is 1. The molecular formula is C30H34Cl2N2O2. The second kappa shape index (κ2) is 13.5. The maximum Gasteiger partial charge on any atom is 0.243 e. The summed E-state index contributed by atoms with van der Waals surface area (Å²) in [7, 11) is 0. The Bertz CT molecular complexity index is 1150. The predicted octanol–water partition coefficient (Wildman–Crippen LogP) is 6.79. The fourth-order valence-corrected chi connectivity index (χ4v) is 4.30. The molecule has 0 aliphatic heterocycles. The summed E-state index contributed by atoms with van der Waals surface area (Å²) in [5.74, 6) is -0.237. The van der Waals surface area contributed by atoms with Crippen LogP contribution in [0.3, 0.4) is 0 Å². The van der Waals surface area contributed by atoms with E-state index in [9.17, 15) is 9.59 Å². The van der Waals surface area contributed by atoms with Crippen LogP contribution in [-0.4, -0.2) is 28.8 Å². The second-order valence-electron chi connectivity index (χ2n) is 9.28. The molecule has 3 aromatic carbocycles. The van der Waals surface area contributed by atoms with Crippen molar-refractivity contribution in [3.63, 3.8) is 0 Å². The van der Waals surface area contributed by atoms with Crippen LogP contribution in [0, 0.1) is 6.92 Å². The van der Waals surface area contributed by atoms with Gasteiger partial charge in [-0.1, -0.05) is 96.4 Å². The Balaban J connectivity index is 1.92. The zero-order valence-electron chi connectivity index (χ0n) is 21.1. The molecule has 36 heavy (non-hydrogen) atoms. The molecule has 0 saturated heterocycles. The highest BCUT2D eigenvalue weighted by Gasteiger charge is 2.30. The van der Waals surface area contributed by atoms with E-state index in [0.29, 0.717) is 29.3 Å². The van der Waals surface area contributed by atoms with Gasteiger partial charge in [-0.05, 0) is 55.5 Å². The van der Waals surface area contributed by atoms with Crippen molar-refractivity contribution in [1.82, 2.24) is 10.2 Å². The number of halogens is 2. The smallest absolute Gasteiger partial charge is 0.243 e. The molecule has 2 unspecified atom stereocenters. The van der Waals surface area contributed by atoms with Gasteiger partial charge in [0.25, 0.3) is 0 Å². The van der Waals surface area contributed by atoms with E-state index < -0.39 is 6.04 Å². The van der Waals surface area contributed by atoms with Gasteiger partial charge in [-0.15, -0.1) is 0 Å². The first kappa shape index (κ1) is 27.8. The maximum absolute atomic E-state index is 13.7. The van der Waals surface area contributed by atoms with Gasteiger partial charge in [0.15, 0.2) is 0 Å². The lowest BCUT2D eigenvalue weighted by Gasteiger charge is -2.32. The molecule has 3 aromatic rings. The monoisotopic (exact) mass is 524 g/mol. The lowest BCUT2D eigenvalue weighted by Crippen LogP contribution is -2.52. The standard InChI is InChI=1S/C30H34Cl2N2O2/c1-4-22(3)33-30(36)28(19-24-8-6-5-7-9-24)34(20-25-14-16-26(31)27(32)18-25)29(35)17-15-23-12-10-21(2)11-13-23/h5-14,16,18,22,28H,4,15,17,19-20H2,1-3H3,(H,33,36). The van der Waals surface area contributed by atoms with Gasteiger partial charge >= 0.3 is 0 Å². The summed E-state index contributed by atoms with van der Waals surface area (Å²) in [6, 6.07) is 22.7. The van der Waals surface area contributed by atoms with E-state index in [2.05, 4.69) is 5.32 Å². The van der Waals surface area contributed by atoms with E-state index in [1.54, 1.807) is 17.0 Å². The lowest BCUT2D eigenvalue weighted by atomic mass is 10.0. The van der Waals surface area contributed by atoms with Crippen molar-refractivity contribution in [3.8, 4) is 0 Å². The Labute approximate surface area is 224 Å². The minimum Gasteiger partial charge on any atom is -0.352 e. The Morgan fingerprint density at radius 1 is 0.889 bits per heavy atom. The van der Waals surface area contributed by atoms with Gasteiger partial charge in [0.05, 0.1) is 10.0 Å². The Morgan fingerprint density at radius 3 is 2.19 bits per heavy atom. The summed E-state index contributed by atoms with van der Waals surface area (Å²) in [6.07, 6.45) is 2.12. The fourth-order valence-electron chi connectivity index (χ4n) is 3.98. The number of benzene rings is 3. The van der Waals surface area contributed by atoms with Crippen LogP contribution in [0.5, 0.6) is 0 Å². The zero-order chi connectivity index (χ0) is 26.1. The summed E-state index contributed by atoms with van der Waals surface area (Å²) >= 11 is 12.4. The van der Waals surface area contributed by atoms with Crippen molar-refractivity contribution >= 4 is 35.0 Å². The van der Waals surface area contributed by atoms with Gasteiger partial charge in [0, 0.05) is 25.4 Å². The first-order valence-corrected chi connectivity index (χ1v) is 13.2. The van der Waals surface area contributed by atoms with Crippen LogP contribution in [0.1, 0.15) is 48.9 Å². The lowest BCUT2D eigenvalue weighted by molar-refractivity contribution is -0.141. The van der Waals surface area contributed by atoms with E-state index in [-0.39, 0.29) is 24.4 Å². The Hall–Kier alpha value is -2.82. The average molecular weight is 526 g/mol. The van der Waals surface area contributed by atoms with Gasteiger partial charge in [-0.3, -0.25) is 9.59 Å². The summed E-state index contributed by atoms with van der Waals surface area (Å²) in [5, 5.41) is 3.96. The third kappa shape index (κ3) is 8.11. The van der Waals surface area contributed by atoms with Gasteiger partial charge in [-0.25, -0.2) is 0 Å². The molecule has 2 amide bonds. The highest BCUT2D eigenvalue weighted by Crippen LogP contribution is 2.25. The molecule has 1 N–H and O–H groups in total. The molecule has 0 aromatic heterocycles. The van der Waals surface area contributed by atoms with Gasteiger partial charge < -0.3 is 10.2 Å². The Kier molecular flexibility index (Phi) is 10.4. The van der Waals surface area contributed by atoms with Crippen molar-refractivity contribution in [3.05, 3.63) is 105 Å².